The van der Waals surface area contributed by atoms with E-state index in [-0.39, 0.29) is 0 Å². The first-order valence-corrected chi connectivity index (χ1v) is 6.37. The van der Waals surface area contributed by atoms with Gasteiger partial charge in [0.15, 0.2) is 0 Å². The van der Waals surface area contributed by atoms with Crippen molar-refractivity contribution < 1.29 is 4.79 Å². The lowest BCUT2D eigenvalue weighted by Crippen LogP contribution is -2.11. The number of Topliss-reactive ketones (excluding diaryl/α,β-unsaturated/α-hetero) is 1. The van der Waals surface area contributed by atoms with Gasteiger partial charge < -0.3 is 5.73 Å². The molecule has 1 heterocycles. The van der Waals surface area contributed by atoms with Gasteiger partial charge in [-0.15, -0.1) is 0 Å². The minimum absolute atomic E-state index is 0.300. The topological polar surface area (TPSA) is 56.0 Å². The Kier molecular flexibility index (Phi) is 6.48. The fourth-order valence-corrected chi connectivity index (χ4v) is 1.97. The van der Waals surface area contributed by atoms with Crippen molar-refractivity contribution in [2.45, 2.75) is 39.0 Å². The van der Waals surface area contributed by atoms with E-state index in [2.05, 4.69) is 11.9 Å². The number of ketones is 1. The Morgan fingerprint density at radius 1 is 1.47 bits per heavy atom. The molecule has 3 nitrogen and oxygen atoms in total. The Hall–Kier alpha value is -1.22. The molecule has 0 aliphatic rings. The van der Waals surface area contributed by atoms with Gasteiger partial charge in [0.25, 0.3) is 0 Å². The summed E-state index contributed by atoms with van der Waals surface area (Å²) in [7, 11) is 0. The first kappa shape index (κ1) is 13.8. The van der Waals surface area contributed by atoms with Crippen LogP contribution in [0.1, 0.15) is 38.2 Å². The number of carbonyl (C=O) groups is 1. The second-order valence-electron chi connectivity index (χ2n) is 4.47. The first-order chi connectivity index (χ1) is 8.26. The minimum atomic E-state index is 0.300. The van der Waals surface area contributed by atoms with Crippen LogP contribution in [0.5, 0.6) is 0 Å². The summed E-state index contributed by atoms with van der Waals surface area (Å²) < 4.78 is 0. The van der Waals surface area contributed by atoms with Crippen molar-refractivity contribution in [2.75, 3.05) is 6.54 Å². The Morgan fingerprint density at radius 2 is 2.29 bits per heavy atom. The molecule has 0 spiro atoms. The lowest BCUT2D eigenvalue weighted by Gasteiger charge is -2.12. The molecule has 0 bridgehead atoms. The van der Waals surface area contributed by atoms with E-state index in [0.29, 0.717) is 24.5 Å². The van der Waals surface area contributed by atoms with Crippen molar-refractivity contribution in [1.29, 1.82) is 0 Å². The number of nitrogens with two attached hydrogens (primary N) is 1. The van der Waals surface area contributed by atoms with Crippen molar-refractivity contribution in [2.24, 2.45) is 11.7 Å². The Morgan fingerprint density at radius 3 is 2.88 bits per heavy atom. The molecule has 0 radical (unpaired) electrons. The fraction of sp³-hybridized carbons (Fsp3) is 0.571. The number of pyridine rings is 1. The SMILES string of the molecule is CCC(CCN)CCC(=O)Cc1cccnc1. The maximum absolute atomic E-state index is 11.8. The van der Waals surface area contributed by atoms with E-state index >= 15 is 0 Å². The molecular weight excluding hydrogens is 212 g/mol. The van der Waals surface area contributed by atoms with Gasteiger partial charge in [-0.1, -0.05) is 19.4 Å². The van der Waals surface area contributed by atoms with E-state index in [1.54, 1.807) is 12.4 Å². The van der Waals surface area contributed by atoms with Crippen LogP contribution in [0.3, 0.4) is 0 Å². The van der Waals surface area contributed by atoms with Crippen molar-refractivity contribution in [3.8, 4) is 0 Å². The monoisotopic (exact) mass is 234 g/mol. The number of nitrogens with zero attached hydrogens (tertiary/aromatic N) is 1. The van der Waals surface area contributed by atoms with Crippen LogP contribution in [0.15, 0.2) is 24.5 Å². The molecule has 2 N–H and O–H groups in total. The summed E-state index contributed by atoms with van der Waals surface area (Å²) in [6.07, 6.45) is 7.75. The Labute approximate surface area is 103 Å². The second-order valence-corrected chi connectivity index (χ2v) is 4.47. The molecule has 0 aliphatic heterocycles. The number of aromatic nitrogens is 1. The van der Waals surface area contributed by atoms with Crippen LogP contribution in [0, 0.1) is 5.92 Å². The molecule has 0 aromatic carbocycles. The molecule has 0 fully saturated rings. The van der Waals surface area contributed by atoms with Crippen LogP contribution in [0.2, 0.25) is 0 Å². The Balaban J connectivity index is 2.30. The average molecular weight is 234 g/mol. The highest BCUT2D eigenvalue weighted by Gasteiger charge is 2.09. The van der Waals surface area contributed by atoms with Crippen LogP contribution in [-0.2, 0) is 11.2 Å². The molecular formula is C14H22N2O. The van der Waals surface area contributed by atoms with E-state index in [0.717, 1.165) is 31.4 Å². The highest BCUT2D eigenvalue weighted by molar-refractivity contribution is 5.80. The second kappa shape index (κ2) is 7.96. The first-order valence-electron chi connectivity index (χ1n) is 6.37. The summed E-state index contributed by atoms with van der Waals surface area (Å²) in [5, 5.41) is 0. The van der Waals surface area contributed by atoms with E-state index < -0.39 is 0 Å². The molecule has 0 saturated heterocycles. The summed E-state index contributed by atoms with van der Waals surface area (Å²) in [5.74, 6) is 0.895. The molecule has 1 unspecified atom stereocenters. The van der Waals surface area contributed by atoms with Crippen LogP contribution in [-0.4, -0.2) is 17.3 Å². The molecule has 1 atom stereocenters. The maximum atomic E-state index is 11.8. The van der Waals surface area contributed by atoms with Gasteiger partial charge >= 0.3 is 0 Å². The number of hydrogen-bond donors (Lipinski definition) is 1. The predicted octanol–water partition coefficient (Wildman–Crippen LogP) is 2.35. The minimum Gasteiger partial charge on any atom is -0.330 e. The van der Waals surface area contributed by atoms with Crippen LogP contribution >= 0.6 is 0 Å². The average Bonchev–Trinajstić information content (AvgIpc) is 2.35. The summed E-state index contributed by atoms with van der Waals surface area (Å²) in [6, 6.07) is 3.81. The van der Waals surface area contributed by atoms with E-state index in [1.807, 2.05) is 12.1 Å². The van der Waals surface area contributed by atoms with Crippen LogP contribution in [0.25, 0.3) is 0 Å². The number of carbonyl (C=O) groups excluding carboxylic acids is 1. The molecule has 0 saturated carbocycles. The van der Waals surface area contributed by atoms with E-state index in [9.17, 15) is 4.79 Å². The van der Waals surface area contributed by atoms with Gasteiger partial charge in [-0.3, -0.25) is 9.78 Å². The predicted molar refractivity (Wildman–Crippen MR) is 69.6 cm³/mol. The lowest BCUT2D eigenvalue weighted by molar-refractivity contribution is -0.118. The lowest BCUT2D eigenvalue weighted by atomic mass is 9.94. The van der Waals surface area contributed by atoms with Crippen molar-refractivity contribution >= 4 is 5.78 Å². The summed E-state index contributed by atoms with van der Waals surface area (Å²) in [6.45, 7) is 2.88. The molecule has 0 aliphatic carbocycles. The highest BCUT2D eigenvalue weighted by Crippen LogP contribution is 2.15. The quantitative estimate of drug-likeness (QED) is 0.751. The van der Waals surface area contributed by atoms with E-state index in [1.165, 1.54) is 0 Å². The largest absolute Gasteiger partial charge is 0.330 e. The van der Waals surface area contributed by atoms with Gasteiger partial charge in [-0.05, 0) is 36.9 Å². The molecule has 1 aromatic rings. The molecule has 1 aromatic heterocycles. The number of rotatable bonds is 8. The van der Waals surface area contributed by atoms with Crippen molar-refractivity contribution in [1.82, 2.24) is 4.98 Å². The molecule has 1 rings (SSSR count). The zero-order valence-corrected chi connectivity index (χ0v) is 10.6. The zero-order chi connectivity index (χ0) is 12.5. The normalized spacial score (nSPS) is 12.4. The number of hydrogen-bond acceptors (Lipinski definition) is 3. The third-order valence-electron chi connectivity index (χ3n) is 3.11. The summed E-state index contributed by atoms with van der Waals surface area (Å²) >= 11 is 0. The summed E-state index contributed by atoms with van der Waals surface area (Å²) in [5.41, 5.74) is 6.55. The van der Waals surface area contributed by atoms with Gasteiger partial charge in [0, 0.05) is 25.2 Å². The molecule has 0 amide bonds. The van der Waals surface area contributed by atoms with Gasteiger partial charge in [-0.25, -0.2) is 0 Å². The fourth-order valence-electron chi connectivity index (χ4n) is 1.97. The Bertz CT molecular complexity index is 324. The van der Waals surface area contributed by atoms with Crippen molar-refractivity contribution in [3.05, 3.63) is 30.1 Å². The summed E-state index contributed by atoms with van der Waals surface area (Å²) in [4.78, 5) is 15.8. The van der Waals surface area contributed by atoms with Gasteiger partial charge in [0.1, 0.15) is 5.78 Å². The molecule has 17 heavy (non-hydrogen) atoms. The highest BCUT2D eigenvalue weighted by atomic mass is 16.1. The molecule has 94 valence electrons. The van der Waals surface area contributed by atoms with Gasteiger partial charge in [0.2, 0.25) is 0 Å². The standard InChI is InChI=1S/C14H22N2O/c1-2-12(7-8-15)5-6-14(17)10-13-4-3-9-16-11-13/h3-4,9,11-12H,2,5-8,10,15H2,1H3. The van der Waals surface area contributed by atoms with Gasteiger partial charge in [-0.2, -0.15) is 0 Å². The van der Waals surface area contributed by atoms with Crippen LogP contribution < -0.4 is 5.73 Å². The molecule has 3 heteroatoms. The smallest absolute Gasteiger partial charge is 0.137 e. The van der Waals surface area contributed by atoms with E-state index in [4.69, 9.17) is 5.73 Å². The third-order valence-corrected chi connectivity index (χ3v) is 3.11. The zero-order valence-electron chi connectivity index (χ0n) is 10.6. The maximum Gasteiger partial charge on any atom is 0.137 e. The third kappa shape index (κ3) is 5.59. The van der Waals surface area contributed by atoms with Crippen molar-refractivity contribution in [3.63, 3.8) is 0 Å². The van der Waals surface area contributed by atoms with Crippen LogP contribution in [0.4, 0.5) is 0 Å². The van der Waals surface area contributed by atoms with Gasteiger partial charge in [0.05, 0.1) is 0 Å².